The highest BCUT2D eigenvalue weighted by molar-refractivity contribution is 8.14. The molecule has 2 fully saturated rings. The molecular formula is C37H43ClF3N11O4S. The number of benzene rings is 3. The molecule has 3 aromatic carbocycles. The van der Waals surface area contributed by atoms with Crippen LogP contribution in [0.15, 0.2) is 83.9 Å². The topological polar surface area (TPSA) is 206 Å². The van der Waals surface area contributed by atoms with Gasteiger partial charge in [-0.25, -0.2) is 9.59 Å². The number of carbonyl (C=O) groups is 3. The summed E-state index contributed by atoms with van der Waals surface area (Å²) in [4.78, 5) is 56.1. The highest BCUT2D eigenvalue weighted by Gasteiger charge is 2.35. The van der Waals surface area contributed by atoms with Crippen molar-refractivity contribution in [1.82, 2.24) is 25.2 Å². The second-order valence-electron chi connectivity index (χ2n) is 13.6. The molecule has 0 unspecified atom stereocenters. The maximum Gasteiger partial charge on any atom is 0.573 e. The van der Waals surface area contributed by atoms with Crippen molar-refractivity contribution in [2.75, 3.05) is 32.9 Å². The fourth-order valence-electron chi connectivity index (χ4n) is 4.67. The molecule has 57 heavy (non-hydrogen) atoms. The van der Waals surface area contributed by atoms with Gasteiger partial charge in [-0.2, -0.15) is 15.0 Å². The smallest absolute Gasteiger partial charge is 0.406 e. The Balaban J connectivity index is 0.000000199. The van der Waals surface area contributed by atoms with Gasteiger partial charge in [0.15, 0.2) is 5.17 Å². The largest absolute Gasteiger partial charge is 0.573 e. The highest BCUT2D eigenvalue weighted by Crippen LogP contribution is 2.29. The minimum atomic E-state index is -4.80. The van der Waals surface area contributed by atoms with Crippen LogP contribution >= 0.6 is 23.4 Å². The number of nitrogens with zero attached hydrogens (tertiary/aromatic N) is 6. The third kappa shape index (κ3) is 14.6. The second kappa shape index (κ2) is 19.4. The average molecular weight is 830 g/mol. The van der Waals surface area contributed by atoms with Crippen LogP contribution in [-0.2, 0) is 0 Å². The van der Waals surface area contributed by atoms with Crippen molar-refractivity contribution in [3.63, 3.8) is 0 Å². The molecule has 7 N–H and O–H groups in total. The quantitative estimate of drug-likeness (QED) is 0.121. The van der Waals surface area contributed by atoms with Crippen LogP contribution in [0.4, 0.5) is 52.0 Å². The molecule has 15 nitrogen and oxygen atoms in total. The Labute approximate surface area is 336 Å². The number of rotatable bonds is 7. The SMILES string of the molecule is CC(C)N1C(=O)N(c2ccccc2)CSC1=NC(C)(C)C.Nc1nc(N)nc(NC2CC2)n1.O=C(NC(=O)c1ccccc1Cl)Nc1ccc(OC(F)(F)F)cc1. The van der Waals surface area contributed by atoms with E-state index in [-0.39, 0.29) is 45.8 Å². The molecule has 20 heteroatoms. The summed E-state index contributed by atoms with van der Waals surface area (Å²) in [5, 5.41) is 8.42. The Morgan fingerprint density at radius 3 is 2.07 bits per heavy atom. The molecule has 0 radical (unpaired) electrons. The van der Waals surface area contributed by atoms with Crippen LogP contribution in [0.5, 0.6) is 5.75 Å². The number of amides is 5. The Kier molecular flexibility index (Phi) is 14.9. The lowest BCUT2D eigenvalue weighted by molar-refractivity contribution is -0.274. The molecule has 1 saturated carbocycles. The molecule has 2 heterocycles. The van der Waals surface area contributed by atoms with E-state index in [4.69, 9.17) is 28.1 Å². The van der Waals surface area contributed by atoms with Gasteiger partial charge in [0.05, 0.1) is 22.0 Å². The number of hydrogen-bond acceptors (Lipinski definition) is 12. The van der Waals surface area contributed by atoms with Crippen LogP contribution in [0.25, 0.3) is 0 Å². The summed E-state index contributed by atoms with van der Waals surface area (Å²) in [5.74, 6) is 0.246. The Bertz CT molecular complexity index is 2010. The molecule has 1 aliphatic carbocycles. The number of nitrogen functional groups attached to an aromatic ring is 2. The molecule has 1 aliphatic heterocycles. The van der Waals surface area contributed by atoms with E-state index in [9.17, 15) is 27.6 Å². The highest BCUT2D eigenvalue weighted by atomic mass is 35.5. The third-order valence-electron chi connectivity index (χ3n) is 7.25. The molecule has 0 bridgehead atoms. The summed E-state index contributed by atoms with van der Waals surface area (Å²) in [7, 11) is 0. The van der Waals surface area contributed by atoms with Gasteiger partial charge in [0.25, 0.3) is 5.91 Å². The predicted octanol–water partition coefficient (Wildman–Crippen LogP) is 7.99. The first-order valence-electron chi connectivity index (χ1n) is 17.4. The normalized spacial score (nSPS) is 14.8. The van der Waals surface area contributed by atoms with E-state index >= 15 is 0 Å². The lowest BCUT2D eigenvalue weighted by atomic mass is 10.1. The lowest BCUT2D eigenvalue weighted by Gasteiger charge is -2.38. The van der Waals surface area contributed by atoms with Crippen LogP contribution in [-0.4, -0.2) is 72.9 Å². The fraction of sp³-hybridized carbons (Fsp3) is 0.324. The van der Waals surface area contributed by atoms with Gasteiger partial charge in [-0.05, 0) is 96.0 Å². The van der Waals surface area contributed by atoms with Crippen LogP contribution < -0.4 is 37.1 Å². The molecule has 0 atom stereocenters. The van der Waals surface area contributed by atoms with Crippen LogP contribution in [0.3, 0.4) is 0 Å². The van der Waals surface area contributed by atoms with Gasteiger partial charge < -0.3 is 26.8 Å². The molecule has 2 aliphatic rings. The van der Waals surface area contributed by atoms with Crippen molar-refractivity contribution < 1.29 is 32.3 Å². The average Bonchev–Trinajstić information content (AvgIpc) is 3.92. The molecule has 1 aromatic heterocycles. The van der Waals surface area contributed by atoms with Crippen LogP contribution in [0.2, 0.25) is 5.02 Å². The molecule has 0 spiro atoms. The molecule has 4 aromatic rings. The first-order chi connectivity index (χ1) is 26.8. The summed E-state index contributed by atoms with van der Waals surface area (Å²) in [6.07, 6.45) is -2.48. The van der Waals surface area contributed by atoms with Crippen molar-refractivity contribution in [3.05, 3.63) is 89.4 Å². The fourth-order valence-corrected chi connectivity index (χ4v) is 6.16. The number of hydrogen-bond donors (Lipinski definition) is 5. The Morgan fingerprint density at radius 1 is 0.930 bits per heavy atom. The van der Waals surface area contributed by atoms with Gasteiger partial charge in [-0.3, -0.25) is 24.9 Å². The number of amidine groups is 1. The number of para-hydroxylation sites is 1. The number of nitrogens with two attached hydrogens (primary N) is 2. The number of nitrogens with one attached hydrogen (secondary N) is 3. The van der Waals surface area contributed by atoms with Crippen molar-refractivity contribution in [3.8, 4) is 5.75 Å². The number of aromatic nitrogens is 3. The number of anilines is 5. The Morgan fingerprint density at radius 2 is 1.53 bits per heavy atom. The maximum absolute atomic E-state index is 12.8. The van der Waals surface area contributed by atoms with E-state index in [0.29, 0.717) is 17.9 Å². The summed E-state index contributed by atoms with van der Waals surface area (Å²) >= 11 is 7.45. The number of thioether (sulfide) groups is 1. The van der Waals surface area contributed by atoms with Gasteiger partial charge in [0.2, 0.25) is 17.8 Å². The predicted molar refractivity (Wildman–Crippen MR) is 217 cm³/mol. The number of urea groups is 2. The number of imide groups is 1. The number of alkyl halides is 3. The van der Waals surface area contributed by atoms with E-state index in [1.54, 1.807) is 33.7 Å². The molecule has 6 rings (SSSR count). The summed E-state index contributed by atoms with van der Waals surface area (Å²) in [5.41, 5.74) is 11.8. The third-order valence-corrected chi connectivity index (χ3v) is 8.52. The first-order valence-corrected chi connectivity index (χ1v) is 18.8. The van der Waals surface area contributed by atoms with E-state index < -0.39 is 24.1 Å². The van der Waals surface area contributed by atoms with E-state index in [1.807, 2.05) is 65.0 Å². The zero-order valence-electron chi connectivity index (χ0n) is 31.7. The van der Waals surface area contributed by atoms with Gasteiger partial charge >= 0.3 is 18.4 Å². The summed E-state index contributed by atoms with van der Waals surface area (Å²) < 4.78 is 39.8. The van der Waals surface area contributed by atoms with E-state index in [2.05, 4.69) is 35.6 Å². The maximum atomic E-state index is 12.8. The van der Waals surface area contributed by atoms with Gasteiger partial charge in [-0.15, -0.1) is 13.2 Å². The zero-order chi connectivity index (χ0) is 41.9. The summed E-state index contributed by atoms with van der Waals surface area (Å²) in [6.45, 7) is 10.2. The lowest BCUT2D eigenvalue weighted by Crippen LogP contribution is -2.53. The molecule has 5 amide bonds. The number of aliphatic imine (C=N–C) groups is 1. The minimum Gasteiger partial charge on any atom is -0.406 e. The van der Waals surface area contributed by atoms with Crippen molar-refractivity contribution >= 4 is 75.7 Å². The van der Waals surface area contributed by atoms with Gasteiger partial charge in [0.1, 0.15) is 5.75 Å². The van der Waals surface area contributed by atoms with E-state index in [0.717, 1.165) is 35.8 Å². The van der Waals surface area contributed by atoms with Crippen molar-refractivity contribution in [1.29, 1.82) is 0 Å². The number of carbonyl (C=O) groups excluding carboxylic acids is 3. The van der Waals surface area contributed by atoms with Crippen LogP contribution in [0, 0.1) is 0 Å². The van der Waals surface area contributed by atoms with E-state index in [1.165, 1.54) is 24.3 Å². The molecular weight excluding hydrogens is 787 g/mol. The minimum absolute atomic E-state index is 0.00190. The van der Waals surface area contributed by atoms with Gasteiger partial charge in [0, 0.05) is 23.5 Å². The molecule has 1 saturated heterocycles. The van der Waals surface area contributed by atoms with Gasteiger partial charge in [-0.1, -0.05) is 53.7 Å². The Hall–Kier alpha value is -5.82. The van der Waals surface area contributed by atoms with Crippen LogP contribution in [0.1, 0.15) is 57.8 Å². The first kappa shape index (κ1) is 43.9. The number of halogens is 4. The molecule has 304 valence electrons. The second-order valence-corrected chi connectivity index (χ2v) is 14.9. The zero-order valence-corrected chi connectivity index (χ0v) is 33.2. The van der Waals surface area contributed by atoms with Crippen molar-refractivity contribution in [2.24, 2.45) is 4.99 Å². The summed E-state index contributed by atoms with van der Waals surface area (Å²) in [6, 6.07) is 20.1. The monoisotopic (exact) mass is 829 g/mol. The van der Waals surface area contributed by atoms with Crippen molar-refractivity contribution in [2.45, 2.75) is 71.4 Å². The standard InChI is InChI=1S/C16H23N3OS.C15H10ClF3N2O3.C6H10N6/c1-12(2)19-14(17-16(3,4)5)21-11-18(15(19)20)13-9-7-6-8-10-13;16-12-4-2-1-3-11(12)13(22)21-14(23)20-9-5-7-10(8-6-9)24-15(17,18)19;7-4-10-5(8)12-6(11-4)9-3-1-2-3/h6-10,12H,11H2,1-5H3;1-8H,(H2,20,21,22,23);3H,1-2H2,(H5,7,8,9,10,11,12). The number of ether oxygens (including phenoxy) is 1.